The van der Waals surface area contributed by atoms with Crippen molar-refractivity contribution in [2.24, 2.45) is 5.92 Å². The molecule has 2 atom stereocenters. The molecule has 1 amide bonds. The Morgan fingerprint density at radius 3 is 2.47 bits per heavy atom. The van der Waals surface area contributed by atoms with Gasteiger partial charge in [-0.2, -0.15) is 0 Å². The van der Waals surface area contributed by atoms with Crippen molar-refractivity contribution < 1.29 is 22.7 Å². The van der Waals surface area contributed by atoms with Gasteiger partial charge in [-0.15, -0.1) is 0 Å². The molecule has 2 N–H and O–H groups in total. The molecule has 0 radical (unpaired) electrons. The van der Waals surface area contributed by atoms with E-state index in [1.807, 2.05) is 13.0 Å². The third kappa shape index (κ3) is 5.96. The number of anilines is 1. The van der Waals surface area contributed by atoms with Crippen LogP contribution < -0.4 is 10.0 Å². The molecule has 0 aliphatic carbocycles. The Kier molecular flexibility index (Phi) is 7.88. The Morgan fingerprint density at radius 1 is 1.06 bits per heavy atom. The largest absolute Gasteiger partial charge is 0.381 e. The Labute approximate surface area is 201 Å². The van der Waals surface area contributed by atoms with Crippen LogP contribution in [0.15, 0.2) is 47.4 Å². The number of morpholine rings is 1. The fourth-order valence-corrected chi connectivity index (χ4v) is 5.94. The predicted octanol–water partition coefficient (Wildman–Crippen LogP) is 2.57. The van der Waals surface area contributed by atoms with Crippen molar-refractivity contribution in [2.75, 3.05) is 50.8 Å². The summed E-state index contributed by atoms with van der Waals surface area (Å²) in [6.07, 6.45) is 0.993. The van der Waals surface area contributed by atoms with Gasteiger partial charge in [0.05, 0.1) is 24.7 Å². The van der Waals surface area contributed by atoms with Crippen molar-refractivity contribution in [3.63, 3.8) is 0 Å². The van der Waals surface area contributed by atoms with Crippen LogP contribution in [0, 0.1) is 19.8 Å². The monoisotopic (exact) mass is 487 g/mol. The molecule has 34 heavy (non-hydrogen) atoms. The molecule has 2 aliphatic rings. The molecule has 2 heterocycles. The first-order chi connectivity index (χ1) is 16.3. The van der Waals surface area contributed by atoms with Crippen LogP contribution in [0.2, 0.25) is 0 Å². The summed E-state index contributed by atoms with van der Waals surface area (Å²) in [4.78, 5) is 15.5. The van der Waals surface area contributed by atoms with Crippen LogP contribution >= 0.6 is 0 Å². The predicted molar refractivity (Wildman–Crippen MR) is 131 cm³/mol. The lowest BCUT2D eigenvalue weighted by Gasteiger charge is -2.37. The highest BCUT2D eigenvalue weighted by Crippen LogP contribution is 2.23. The Hall–Kier alpha value is -2.46. The lowest BCUT2D eigenvalue weighted by Crippen LogP contribution is -2.52. The minimum Gasteiger partial charge on any atom is -0.381 e. The average molecular weight is 488 g/mol. The number of sulfonamides is 1. The molecule has 8 nitrogen and oxygen atoms in total. The van der Waals surface area contributed by atoms with Crippen molar-refractivity contribution in [1.29, 1.82) is 0 Å². The van der Waals surface area contributed by atoms with Crippen LogP contribution in [0.25, 0.3) is 0 Å². The summed E-state index contributed by atoms with van der Waals surface area (Å²) in [5.41, 5.74) is 2.44. The second-order valence-corrected chi connectivity index (χ2v) is 10.7. The molecule has 0 saturated carbocycles. The standard InChI is InChI=1S/C25H33N3O5S/c1-18-3-4-19(2)24(15-18)34(30,31)27-22-7-5-20(6-8-22)25(29)26-16-23(21-9-12-33-17-21)28-10-13-32-14-11-28/h3-8,15,21,23,27H,9-14,16-17H2,1-2H3,(H,26,29). The van der Waals surface area contributed by atoms with E-state index in [-0.39, 0.29) is 16.8 Å². The fraction of sp³-hybridized carbons (Fsp3) is 0.480. The van der Waals surface area contributed by atoms with E-state index in [0.717, 1.165) is 31.7 Å². The lowest BCUT2D eigenvalue weighted by atomic mass is 9.96. The van der Waals surface area contributed by atoms with Gasteiger partial charge >= 0.3 is 0 Å². The Balaban J connectivity index is 1.39. The molecule has 2 unspecified atom stereocenters. The molecule has 2 aliphatic heterocycles. The van der Waals surface area contributed by atoms with Gasteiger partial charge in [0.2, 0.25) is 0 Å². The maximum Gasteiger partial charge on any atom is 0.262 e. The topological polar surface area (TPSA) is 97.0 Å². The number of ether oxygens (including phenoxy) is 2. The third-order valence-corrected chi connectivity index (χ3v) is 8.05. The third-order valence-electron chi connectivity index (χ3n) is 6.53. The summed E-state index contributed by atoms with van der Waals surface area (Å²) in [6.45, 7) is 8.76. The number of hydrogen-bond acceptors (Lipinski definition) is 6. The normalized spacial score (nSPS) is 20.1. The maximum atomic E-state index is 12.8. The van der Waals surface area contributed by atoms with Crippen molar-refractivity contribution in [1.82, 2.24) is 10.2 Å². The van der Waals surface area contributed by atoms with Crippen LogP contribution in [-0.4, -0.2) is 71.3 Å². The van der Waals surface area contributed by atoms with Crippen LogP contribution in [-0.2, 0) is 19.5 Å². The smallest absolute Gasteiger partial charge is 0.262 e. The van der Waals surface area contributed by atoms with Gasteiger partial charge in [0, 0.05) is 49.5 Å². The highest BCUT2D eigenvalue weighted by atomic mass is 32.2. The SMILES string of the molecule is Cc1ccc(C)c(S(=O)(=O)Nc2ccc(C(=O)NCC(C3CCOC3)N3CCOCC3)cc2)c1. The number of nitrogens with one attached hydrogen (secondary N) is 2. The summed E-state index contributed by atoms with van der Waals surface area (Å²) in [7, 11) is -3.72. The van der Waals surface area contributed by atoms with E-state index in [2.05, 4.69) is 14.9 Å². The summed E-state index contributed by atoms with van der Waals surface area (Å²) in [6, 6.07) is 12.0. The summed E-state index contributed by atoms with van der Waals surface area (Å²) in [5, 5.41) is 3.06. The van der Waals surface area contributed by atoms with Crippen molar-refractivity contribution in [3.05, 3.63) is 59.2 Å². The second kappa shape index (κ2) is 10.9. The molecule has 0 spiro atoms. The number of amides is 1. The van der Waals surface area contributed by atoms with Crippen molar-refractivity contribution >= 4 is 21.6 Å². The number of carbonyl (C=O) groups excluding carboxylic acids is 1. The van der Waals surface area contributed by atoms with Gasteiger partial charge in [-0.1, -0.05) is 12.1 Å². The maximum absolute atomic E-state index is 12.8. The molecule has 0 bridgehead atoms. The number of aryl methyl sites for hydroxylation is 2. The summed E-state index contributed by atoms with van der Waals surface area (Å²) >= 11 is 0. The molecule has 9 heteroatoms. The fourth-order valence-electron chi connectivity index (χ4n) is 4.56. The van der Waals surface area contributed by atoms with Crippen LogP contribution in [0.1, 0.15) is 27.9 Å². The van der Waals surface area contributed by atoms with Gasteiger partial charge in [-0.25, -0.2) is 8.42 Å². The molecular weight excluding hydrogens is 454 g/mol. The zero-order chi connectivity index (χ0) is 24.1. The van der Waals surface area contributed by atoms with Crippen molar-refractivity contribution in [3.8, 4) is 0 Å². The van der Waals surface area contributed by atoms with E-state index in [9.17, 15) is 13.2 Å². The van der Waals surface area contributed by atoms with Gasteiger partial charge in [0.15, 0.2) is 0 Å². The quantitative estimate of drug-likeness (QED) is 0.594. The molecule has 0 aromatic heterocycles. The molecule has 2 fully saturated rings. The van der Waals surface area contributed by atoms with E-state index in [4.69, 9.17) is 9.47 Å². The molecular formula is C25H33N3O5S. The minimum atomic E-state index is -3.72. The van der Waals surface area contributed by atoms with Gasteiger partial charge in [0.1, 0.15) is 0 Å². The zero-order valence-corrected chi connectivity index (χ0v) is 20.6. The number of nitrogens with zero attached hydrogens (tertiary/aromatic N) is 1. The number of hydrogen-bond donors (Lipinski definition) is 2. The van der Waals surface area contributed by atoms with Crippen LogP contribution in [0.4, 0.5) is 5.69 Å². The van der Waals surface area contributed by atoms with Crippen LogP contribution in [0.3, 0.4) is 0 Å². The molecule has 4 rings (SSSR count). The lowest BCUT2D eigenvalue weighted by molar-refractivity contribution is 0.00166. The van der Waals surface area contributed by atoms with E-state index in [0.29, 0.717) is 49.1 Å². The van der Waals surface area contributed by atoms with E-state index < -0.39 is 10.0 Å². The zero-order valence-electron chi connectivity index (χ0n) is 19.7. The molecule has 184 valence electrons. The van der Waals surface area contributed by atoms with Gasteiger partial charge < -0.3 is 14.8 Å². The average Bonchev–Trinajstić information content (AvgIpc) is 3.36. The highest BCUT2D eigenvalue weighted by molar-refractivity contribution is 7.92. The first kappa shape index (κ1) is 24.7. The highest BCUT2D eigenvalue weighted by Gasteiger charge is 2.31. The van der Waals surface area contributed by atoms with E-state index in [1.165, 1.54) is 0 Å². The van der Waals surface area contributed by atoms with Gasteiger partial charge in [0.25, 0.3) is 15.9 Å². The Morgan fingerprint density at radius 2 is 1.79 bits per heavy atom. The van der Waals surface area contributed by atoms with Gasteiger partial charge in [-0.05, 0) is 61.7 Å². The number of carbonyl (C=O) groups is 1. The second-order valence-electron chi connectivity index (χ2n) is 9.00. The minimum absolute atomic E-state index is 0.180. The first-order valence-electron chi connectivity index (χ1n) is 11.7. The number of rotatable bonds is 8. The van der Waals surface area contributed by atoms with E-state index in [1.54, 1.807) is 43.3 Å². The summed E-state index contributed by atoms with van der Waals surface area (Å²) in [5.74, 6) is 0.210. The molecule has 2 aromatic rings. The van der Waals surface area contributed by atoms with Crippen molar-refractivity contribution in [2.45, 2.75) is 31.2 Å². The molecule has 2 saturated heterocycles. The van der Waals surface area contributed by atoms with Crippen LogP contribution in [0.5, 0.6) is 0 Å². The van der Waals surface area contributed by atoms with Gasteiger partial charge in [-0.3, -0.25) is 14.4 Å². The number of benzene rings is 2. The van der Waals surface area contributed by atoms with E-state index >= 15 is 0 Å². The Bertz CT molecular complexity index is 1090. The first-order valence-corrected chi connectivity index (χ1v) is 13.2. The summed E-state index contributed by atoms with van der Waals surface area (Å²) < 4.78 is 39.4. The molecule has 2 aromatic carbocycles.